The normalized spacial score (nSPS) is 55.0. The quantitative estimate of drug-likeness (QED) is 0.231. The fourth-order valence-corrected chi connectivity index (χ4v) is 12.9. The highest BCUT2D eigenvalue weighted by atomic mass is 16.7. The highest BCUT2D eigenvalue weighted by Gasteiger charge is 2.63. The molecule has 0 aromatic heterocycles. The highest BCUT2D eigenvalue weighted by Crippen LogP contribution is 2.56. The minimum atomic E-state index is -1.43. The first kappa shape index (κ1) is 44.6. The second-order valence-electron chi connectivity index (χ2n) is 20.1. The molecule has 22 unspecified atom stereocenters. The second kappa shape index (κ2) is 15.8. The monoisotopic (exact) mass is 797 g/mol. The largest absolute Gasteiger partial charge is 0.481 e. The zero-order valence-corrected chi connectivity index (χ0v) is 36.8. The average Bonchev–Trinajstić information content (AvgIpc) is 3.84. The number of carbonyl (C=O) groups is 1. The van der Waals surface area contributed by atoms with Crippen molar-refractivity contribution in [2.24, 2.45) is 53.3 Å². The molecule has 324 valence electrons. The number of hydrogen-bond acceptors (Lipinski definition) is 11. The Morgan fingerprint density at radius 2 is 1.41 bits per heavy atom. The van der Waals surface area contributed by atoms with Crippen LogP contribution in [0.3, 0.4) is 0 Å². The molecule has 0 aromatic rings. The first-order valence-corrected chi connectivity index (χ1v) is 21.7. The molecule has 0 radical (unpaired) electrons. The molecule has 6 aliphatic rings. The number of aliphatic carboxylic acids is 1. The Balaban J connectivity index is 1.17. The van der Waals surface area contributed by atoms with Crippen LogP contribution in [0.15, 0.2) is 0 Å². The molecule has 3 N–H and O–H groups in total. The maximum atomic E-state index is 12.3. The molecule has 6 rings (SSSR count). The van der Waals surface area contributed by atoms with E-state index >= 15 is 0 Å². The second-order valence-corrected chi connectivity index (χ2v) is 20.1. The molecular formula is C44H76O12. The molecule has 5 aliphatic heterocycles. The van der Waals surface area contributed by atoms with Crippen LogP contribution in [-0.2, 0) is 42.7 Å². The van der Waals surface area contributed by atoms with E-state index in [0.717, 1.165) is 25.7 Å². The van der Waals surface area contributed by atoms with Gasteiger partial charge in [0.05, 0.1) is 71.6 Å². The van der Waals surface area contributed by atoms with Crippen LogP contribution < -0.4 is 0 Å². The minimum Gasteiger partial charge on any atom is -0.481 e. The lowest BCUT2D eigenvalue weighted by Gasteiger charge is -2.55. The summed E-state index contributed by atoms with van der Waals surface area (Å²) in [6, 6.07) is 0. The Morgan fingerprint density at radius 3 is 2.02 bits per heavy atom. The first-order valence-electron chi connectivity index (χ1n) is 21.7. The van der Waals surface area contributed by atoms with Gasteiger partial charge in [-0.15, -0.1) is 0 Å². The predicted molar refractivity (Wildman–Crippen MR) is 209 cm³/mol. The van der Waals surface area contributed by atoms with Gasteiger partial charge in [0.25, 0.3) is 0 Å². The van der Waals surface area contributed by atoms with Crippen LogP contribution in [0.25, 0.3) is 0 Å². The zero-order valence-electron chi connectivity index (χ0n) is 36.8. The SMILES string of the molecule is COC1CC2(CCC(C)(C3CCC(C)(C4OC(C5OC(C)(O)C(C)C(OC)C5C)CC4C)O3)O2)OC(C(C)C2CC(O)(C(C)C(=O)O)C(C)C(OC)C2C)C1C. The fourth-order valence-electron chi connectivity index (χ4n) is 12.9. The molecular weight excluding hydrogens is 720 g/mol. The van der Waals surface area contributed by atoms with Gasteiger partial charge < -0.3 is 53.2 Å². The van der Waals surface area contributed by atoms with Gasteiger partial charge in [0.15, 0.2) is 11.6 Å². The Bertz CT molecular complexity index is 1400. The molecule has 6 fully saturated rings. The number of rotatable bonds is 10. The zero-order chi connectivity index (χ0) is 41.5. The summed E-state index contributed by atoms with van der Waals surface area (Å²) in [4.78, 5) is 12.3. The Kier molecular flexibility index (Phi) is 12.6. The molecule has 22 atom stereocenters. The topological polar surface area (TPSA) is 152 Å². The third kappa shape index (κ3) is 7.44. The lowest BCUT2D eigenvalue weighted by Crippen LogP contribution is -2.61. The molecule has 1 saturated carbocycles. The van der Waals surface area contributed by atoms with Gasteiger partial charge in [0, 0.05) is 57.8 Å². The van der Waals surface area contributed by atoms with E-state index in [9.17, 15) is 20.1 Å². The first-order chi connectivity index (χ1) is 26.0. The van der Waals surface area contributed by atoms with Crippen LogP contribution in [0, 0.1) is 53.3 Å². The summed E-state index contributed by atoms with van der Waals surface area (Å²) in [5, 5.41) is 33.3. The van der Waals surface area contributed by atoms with Crippen molar-refractivity contribution in [3.05, 3.63) is 0 Å². The number of methoxy groups -OCH3 is 3. The van der Waals surface area contributed by atoms with Crippen molar-refractivity contribution < 1.29 is 58.0 Å². The Morgan fingerprint density at radius 1 is 0.768 bits per heavy atom. The Hall–Kier alpha value is -0.930. The lowest BCUT2D eigenvalue weighted by atomic mass is 9.57. The minimum absolute atomic E-state index is 0.0375. The van der Waals surface area contributed by atoms with Crippen LogP contribution in [-0.4, -0.2) is 120 Å². The smallest absolute Gasteiger partial charge is 0.309 e. The summed E-state index contributed by atoms with van der Waals surface area (Å²) >= 11 is 0. The summed E-state index contributed by atoms with van der Waals surface area (Å²) in [5.41, 5.74) is -2.56. The predicted octanol–water partition coefficient (Wildman–Crippen LogP) is 6.21. The van der Waals surface area contributed by atoms with Crippen molar-refractivity contribution in [3.63, 3.8) is 0 Å². The molecule has 12 heteroatoms. The summed E-state index contributed by atoms with van der Waals surface area (Å²) in [6.07, 6.45) is 3.22. The summed E-state index contributed by atoms with van der Waals surface area (Å²) < 4.78 is 52.8. The molecule has 5 heterocycles. The van der Waals surface area contributed by atoms with Crippen LogP contribution >= 0.6 is 0 Å². The highest BCUT2D eigenvalue weighted by molar-refractivity contribution is 5.71. The molecule has 5 saturated heterocycles. The van der Waals surface area contributed by atoms with Gasteiger partial charge in [-0.25, -0.2) is 0 Å². The molecule has 0 bridgehead atoms. The number of ether oxygens (including phenoxy) is 8. The van der Waals surface area contributed by atoms with Crippen molar-refractivity contribution in [2.75, 3.05) is 21.3 Å². The van der Waals surface area contributed by atoms with Crippen LogP contribution in [0.5, 0.6) is 0 Å². The Labute approximate surface area is 336 Å². The van der Waals surface area contributed by atoms with E-state index in [2.05, 4.69) is 48.5 Å². The van der Waals surface area contributed by atoms with Gasteiger partial charge in [-0.1, -0.05) is 48.5 Å². The number of carboxylic acid groups (broad SMARTS) is 1. The van der Waals surface area contributed by atoms with Crippen LogP contribution in [0.2, 0.25) is 0 Å². The van der Waals surface area contributed by atoms with Crippen molar-refractivity contribution in [1.82, 2.24) is 0 Å². The third-order valence-electron chi connectivity index (χ3n) is 16.7. The van der Waals surface area contributed by atoms with Gasteiger partial charge in [-0.2, -0.15) is 0 Å². The van der Waals surface area contributed by atoms with Crippen molar-refractivity contribution in [1.29, 1.82) is 0 Å². The summed E-state index contributed by atoms with van der Waals surface area (Å²) in [5.74, 6) is -4.43. The average molecular weight is 797 g/mol. The van der Waals surface area contributed by atoms with E-state index in [1.807, 2.05) is 13.8 Å². The molecule has 0 aromatic carbocycles. The molecule has 56 heavy (non-hydrogen) atoms. The number of aliphatic hydroxyl groups is 2. The molecule has 0 amide bonds. The van der Waals surface area contributed by atoms with Crippen LogP contribution in [0.4, 0.5) is 0 Å². The number of hydrogen-bond donors (Lipinski definition) is 3. The maximum Gasteiger partial charge on any atom is 0.309 e. The summed E-state index contributed by atoms with van der Waals surface area (Å²) in [7, 11) is 5.11. The van der Waals surface area contributed by atoms with E-state index in [1.165, 1.54) is 0 Å². The fraction of sp³-hybridized carbons (Fsp3) is 0.977. The van der Waals surface area contributed by atoms with Gasteiger partial charge in [0.1, 0.15) is 0 Å². The van der Waals surface area contributed by atoms with E-state index in [0.29, 0.717) is 19.3 Å². The third-order valence-corrected chi connectivity index (χ3v) is 16.7. The van der Waals surface area contributed by atoms with Crippen molar-refractivity contribution in [2.45, 2.75) is 198 Å². The molecule has 12 nitrogen and oxygen atoms in total. The standard InChI is InChI=1S/C44H76O12/c1-22-19-31(37-26(5)36(51-14)27(6)42(11,47)54-37)52-38(22)41(10)16-15-33(53-41)40(9)17-18-43(56-40)21-32(49-12)25(4)34(55-43)23(2)30-20-44(48,29(8)39(45)46)28(7)35(50-13)24(30)3/h22-38,47-48H,15-21H2,1-14H3,(H,45,46). The molecule has 1 spiro atoms. The van der Waals surface area contributed by atoms with Crippen molar-refractivity contribution >= 4 is 5.97 Å². The van der Waals surface area contributed by atoms with Gasteiger partial charge in [-0.05, 0) is 83.5 Å². The van der Waals surface area contributed by atoms with E-state index < -0.39 is 40.3 Å². The van der Waals surface area contributed by atoms with E-state index in [-0.39, 0.29) is 96.2 Å². The van der Waals surface area contributed by atoms with E-state index in [1.54, 1.807) is 35.2 Å². The van der Waals surface area contributed by atoms with Crippen molar-refractivity contribution in [3.8, 4) is 0 Å². The lowest BCUT2D eigenvalue weighted by molar-refractivity contribution is -0.338. The van der Waals surface area contributed by atoms with E-state index in [4.69, 9.17) is 37.9 Å². The van der Waals surface area contributed by atoms with Gasteiger partial charge >= 0.3 is 5.97 Å². The maximum absolute atomic E-state index is 12.3. The van der Waals surface area contributed by atoms with Gasteiger partial charge in [-0.3, -0.25) is 4.79 Å². The molecule has 1 aliphatic carbocycles. The van der Waals surface area contributed by atoms with Crippen LogP contribution in [0.1, 0.15) is 121 Å². The number of carboxylic acids is 1. The summed E-state index contributed by atoms with van der Waals surface area (Å²) in [6.45, 7) is 22.4. The van der Waals surface area contributed by atoms with Gasteiger partial charge in [0.2, 0.25) is 0 Å².